The van der Waals surface area contributed by atoms with Gasteiger partial charge in [0, 0.05) is 13.0 Å². The fourth-order valence-electron chi connectivity index (χ4n) is 1.58. The van der Waals surface area contributed by atoms with E-state index in [0.717, 1.165) is 0 Å². The Labute approximate surface area is 98.3 Å². The third kappa shape index (κ3) is 4.39. The highest BCUT2D eigenvalue weighted by molar-refractivity contribution is 5.88. The van der Waals surface area contributed by atoms with E-state index >= 15 is 0 Å². The molecule has 0 aliphatic carbocycles. The maximum atomic E-state index is 11.7. The first-order chi connectivity index (χ1) is 8.00. The summed E-state index contributed by atoms with van der Waals surface area (Å²) >= 11 is 0. The fourth-order valence-corrected chi connectivity index (χ4v) is 1.58. The molecular weight excluding hydrogens is 228 g/mol. The number of rotatable bonds is 6. The number of carboxylic acids is 1. The van der Waals surface area contributed by atoms with Crippen LogP contribution in [0.5, 0.6) is 0 Å². The summed E-state index contributed by atoms with van der Waals surface area (Å²) in [6, 6.07) is -0.931. The Morgan fingerprint density at radius 2 is 2.18 bits per heavy atom. The summed E-state index contributed by atoms with van der Waals surface area (Å²) in [5.41, 5.74) is 5.09. The molecule has 2 atom stereocenters. The van der Waals surface area contributed by atoms with E-state index in [1.807, 2.05) is 0 Å². The zero-order valence-electron chi connectivity index (χ0n) is 9.35. The number of ether oxygens (including phenoxy) is 1. The van der Waals surface area contributed by atoms with Crippen LogP contribution in [0.15, 0.2) is 0 Å². The molecule has 1 aliphatic heterocycles. The van der Waals surface area contributed by atoms with Gasteiger partial charge in [0.1, 0.15) is 6.04 Å². The van der Waals surface area contributed by atoms with Crippen molar-refractivity contribution in [2.75, 3.05) is 13.2 Å². The molecule has 0 spiro atoms. The van der Waals surface area contributed by atoms with Crippen LogP contribution < -0.4 is 11.1 Å². The molecule has 7 heteroatoms. The van der Waals surface area contributed by atoms with Crippen LogP contribution in [0.25, 0.3) is 0 Å². The predicted octanol–water partition coefficient (Wildman–Crippen LogP) is -1.14. The molecule has 0 aromatic heterocycles. The molecule has 2 amide bonds. The van der Waals surface area contributed by atoms with Gasteiger partial charge in [-0.3, -0.25) is 14.4 Å². The summed E-state index contributed by atoms with van der Waals surface area (Å²) < 4.78 is 5.05. The first-order valence-electron chi connectivity index (χ1n) is 5.40. The lowest BCUT2D eigenvalue weighted by Gasteiger charge is -2.16. The number of hydrogen-bond acceptors (Lipinski definition) is 4. The molecule has 1 saturated heterocycles. The third-order valence-electron chi connectivity index (χ3n) is 2.61. The number of nitrogens with two attached hydrogens (primary N) is 1. The van der Waals surface area contributed by atoms with Crippen molar-refractivity contribution in [3.63, 3.8) is 0 Å². The van der Waals surface area contributed by atoms with Crippen molar-refractivity contribution in [1.82, 2.24) is 5.32 Å². The Balaban J connectivity index is 2.44. The molecular formula is C10H16N2O5. The van der Waals surface area contributed by atoms with Crippen LogP contribution in [-0.4, -0.2) is 42.1 Å². The zero-order chi connectivity index (χ0) is 12.8. The molecule has 0 unspecified atom stereocenters. The van der Waals surface area contributed by atoms with Crippen LogP contribution in [0.2, 0.25) is 0 Å². The van der Waals surface area contributed by atoms with Crippen molar-refractivity contribution in [2.45, 2.75) is 25.3 Å². The van der Waals surface area contributed by atoms with E-state index in [0.29, 0.717) is 19.6 Å². The monoisotopic (exact) mass is 244 g/mol. The normalized spacial score (nSPS) is 20.8. The molecule has 17 heavy (non-hydrogen) atoms. The van der Waals surface area contributed by atoms with Gasteiger partial charge in [0.15, 0.2) is 0 Å². The topological polar surface area (TPSA) is 119 Å². The second kappa shape index (κ2) is 6.19. The van der Waals surface area contributed by atoms with Crippen LogP contribution in [0.4, 0.5) is 0 Å². The highest BCUT2D eigenvalue weighted by Crippen LogP contribution is 2.12. The van der Waals surface area contributed by atoms with Crippen LogP contribution in [0, 0.1) is 5.92 Å². The van der Waals surface area contributed by atoms with E-state index < -0.39 is 17.9 Å². The number of carbonyl (C=O) groups is 3. The number of carbonyl (C=O) groups excluding carboxylic acids is 2. The van der Waals surface area contributed by atoms with Crippen LogP contribution >= 0.6 is 0 Å². The van der Waals surface area contributed by atoms with Gasteiger partial charge in [-0.25, -0.2) is 0 Å². The van der Waals surface area contributed by atoms with Crippen LogP contribution in [0.3, 0.4) is 0 Å². The Morgan fingerprint density at radius 3 is 2.65 bits per heavy atom. The first kappa shape index (κ1) is 13.4. The largest absolute Gasteiger partial charge is 0.481 e. The minimum Gasteiger partial charge on any atom is -0.481 e. The average molecular weight is 244 g/mol. The lowest BCUT2D eigenvalue weighted by molar-refractivity contribution is -0.138. The maximum absolute atomic E-state index is 11.7. The molecule has 4 N–H and O–H groups in total. The van der Waals surface area contributed by atoms with Crippen molar-refractivity contribution < 1.29 is 24.2 Å². The Morgan fingerprint density at radius 1 is 1.47 bits per heavy atom. The Bertz CT molecular complexity index is 312. The van der Waals surface area contributed by atoms with Crippen molar-refractivity contribution >= 4 is 17.8 Å². The number of aliphatic carboxylic acids is 1. The zero-order valence-corrected chi connectivity index (χ0v) is 9.35. The number of primary amides is 1. The Kier molecular flexibility index (Phi) is 4.89. The predicted molar refractivity (Wildman–Crippen MR) is 56.9 cm³/mol. The minimum absolute atomic E-state index is 0.00395. The molecule has 0 saturated carbocycles. The highest BCUT2D eigenvalue weighted by Gasteiger charge is 2.27. The summed E-state index contributed by atoms with van der Waals surface area (Å²) in [7, 11) is 0. The summed E-state index contributed by atoms with van der Waals surface area (Å²) in [5, 5.41) is 11.0. The summed E-state index contributed by atoms with van der Waals surface area (Å²) in [6.07, 6.45) is 0.398. The number of nitrogens with one attached hydrogen (secondary N) is 1. The van der Waals surface area contributed by atoms with E-state index in [4.69, 9.17) is 15.6 Å². The second-order valence-electron chi connectivity index (χ2n) is 3.96. The van der Waals surface area contributed by atoms with Crippen LogP contribution in [0.1, 0.15) is 19.3 Å². The number of amides is 2. The molecule has 1 aliphatic rings. The molecule has 1 heterocycles. The molecule has 7 nitrogen and oxygen atoms in total. The smallest absolute Gasteiger partial charge is 0.303 e. The van der Waals surface area contributed by atoms with E-state index in [9.17, 15) is 14.4 Å². The van der Waals surface area contributed by atoms with Gasteiger partial charge in [0.25, 0.3) is 0 Å². The summed E-state index contributed by atoms with van der Waals surface area (Å²) in [5.74, 6) is -2.34. The molecule has 1 rings (SSSR count). The lowest BCUT2D eigenvalue weighted by Crippen LogP contribution is -2.47. The maximum Gasteiger partial charge on any atom is 0.303 e. The van der Waals surface area contributed by atoms with Crippen molar-refractivity contribution in [3.8, 4) is 0 Å². The van der Waals surface area contributed by atoms with E-state index in [2.05, 4.69) is 5.32 Å². The van der Waals surface area contributed by atoms with E-state index in [1.165, 1.54) is 0 Å². The number of hydrogen-bond donors (Lipinski definition) is 3. The van der Waals surface area contributed by atoms with Gasteiger partial charge in [-0.15, -0.1) is 0 Å². The van der Waals surface area contributed by atoms with E-state index in [-0.39, 0.29) is 24.7 Å². The SMILES string of the molecule is NC(=O)[C@@H](CCC(=O)O)NC(=O)[C@H]1CCOC1. The third-order valence-corrected chi connectivity index (χ3v) is 2.61. The molecule has 96 valence electrons. The molecule has 0 radical (unpaired) electrons. The van der Waals surface area contributed by atoms with Gasteiger partial charge in [-0.1, -0.05) is 0 Å². The van der Waals surface area contributed by atoms with Gasteiger partial charge < -0.3 is 20.9 Å². The first-order valence-corrected chi connectivity index (χ1v) is 5.40. The van der Waals surface area contributed by atoms with Crippen LogP contribution in [-0.2, 0) is 19.1 Å². The van der Waals surface area contributed by atoms with E-state index in [1.54, 1.807) is 0 Å². The minimum atomic E-state index is -1.03. The van der Waals surface area contributed by atoms with Crippen molar-refractivity contribution in [1.29, 1.82) is 0 Å². The number of carboxylic acid groups (broad SMARTS) is 1. The molecule has 0 bridgehead atoms. The summed E-state index contributed by atoms with van der Waals surface area (Å²) in [6.45, 7) is 0.852. The second-order valence-corrected chi connectivity index (χ2v) is 3.96. The van der Waals surface area contributed by atoms with Gasteiger partial charge in [0.2, 0.25) is 11.8 Å². The fraction of sp³-hybridized carbons (Fsp3) is 0.700. The molecule has 0 aromatic rings. The average Bonchev–Trinajstić information content (AvgIpc) is 2.76. The van der Waals surface area contributed by atoms with Gasteiger partial charge >= 0.3 is 5.97 Å². The molecule has 0 aromatic carbocycles. The molecule has 1 fully saturated rings. The van der Waals surface area contributed by atoms with Crippen molar-refractivity contribution in [2.24, 2.45) is 11.7 Å². The summed E-state index contributed by atoms with van der Waals surface area (Å²) in [4.78, 5) is 33.1. The Hall–Kier alpha value is -1.63. The van der Waals surface area contributed by atoms with Gasteiger partial charge in [-0.2, -0.15) is 0 Å². The van der Waals surface area contributed by atoms with Crippen molar-refractivity contribution in [3.05, 3.63) is 0 Å². The highest BCUT2D eigenvalue weighted by atomic mass is 16.5. The quantitative estimate of drug-likeness (QED) is 0.545. The van der Waals surface area contributed by atoms with Gasteiger partial charge in [0.05, 0.1) is 12.5 Å². The standard InChI is InChI=1S/C10H16N2O5/c11-9(15)7(1-2-8(13)14)12-10(16)6-3-4-17-5-6/h6-7H,1-5H2,(H2,11,15)(H,12,16)(H,13,14)/t6-,7+/m0/s1. The van der Waals surface area contributed by atoms with Gasteiger partial charge in [-0.05, 0) is 12.8 Å². The lowest BCUT2D eigenvalue weighted by atomic mass is 10.1.